The lowest BCUT2D eigenvalue weighted by Gasteiger charge is -2.24. The quantitative estimate of drug-likeness (QED) is 0.728. The minimum Gasteiger partial charge on any atom is -0.508 e. The first-order chi connectivity index (χ1) is 8.35. The first kappa shape index (κ1) is 15.0. The Hall–Kier alpha value is -1.06. The smallest absolute Gasteiger partial charge is 0.120 e. The van der Waals surface area contributed by atoms with E-state index >= 15 is 0 Å². The summed E-state index contributed by atoms with van der Waals surface area (Å²) in [7, 11) is 0. The van der Waals surface area contributed by atoms with Gasteiger partial charge in [0.2, 0.25) is 0 Å². The molecule has 0 saturated carbocycles. The van der Waals surface area contributed by atoms with Crippen LogP contribution in [0.15, 0.2) is 12.1 Å². The molecule has 0 aliphatic carbocycles. The number of nitrogens with one attached hydrogen (secondary N) is 1. The van der Waals surface area contributed by atoms with Crippen molar-refractivity contribution >= 4 is 0 Å². The average molecular weight is 251 g/mol. The summed E-state index contributed by atoms with van der Waals surface area (Å²) < 4.78 is 0. The monoisotopic (exact) mass is 251 g/mol. The summed E-state index contributed by atoms with van der Waals surface area (Å²) in [6, 6.07) is 3.84. The third-order valence-electron chi connectivity index (χ3n) is 3.40. The van der Waals surface area contributed by atoms with E-state index in [9.17, 15) is 5.11 Å². The Morgan fingerprint density at radius 2 is 1.78 bits per heavy atom. The zero-order chi connectivity index (χ0) is 13.8. The number of hydrogen-bond donors (Lipinski definition) is 3. The molecule has 0 atom stereocenters. The van der Waals surface area contributed by atoms with Crippen molar-refractivity contribution in [3.63, 3.8) is 0 Å². The Morgan fingerprint density at radius 1 is 1.17 bits per heavy atom. The molecule has 0 bridgehead atoms. The van der Waals surface area contributed by atoms with Crippen LogP contribution >= 0.6 is 0 Å². The minimum atomic E-state index is 0.0735. The van der Waals surface area contributed by atoms with E-state index in [1.807, 2.05) is 26.0 Å². The first-order valence-corrected chi connectivity index (χ1v) is 6.46. The number of hydrogen-bond acceptors (Lipinski definition) is 3. The molecule has 0 aliphatic heterocycles. The SMILES string of the molecule is Cc1cc(O)c(CNCC(C)(C)CCO)cc1C. The predicted molar refractivity (Wildman–Crippen MR) is 74.8 cm³/mol. The van der Waals surface area contributed by atoms with Crippen LogP contribution in [0.25, 0.3) is 0 Å². The number of aryl methyl sites for hydroxylation is 2. The fourth-order valence-corrected chi connectivity index (χ4v) is 1.93. The molecule has 0 aliphatic rings. The molecule has 0 aromatic heterocycles. The molecule has 0 heterocycles. The van der Waals surface area contributed by atoms with Gasteiger partial charge in [-0.05, 0) is 42.9 Å². The number of phenols is 1. The van der Waals surface area contributed by atoms with E-state index in [0.29, 0.717) is 12.3 Å². The highest BCUT2D eigenvalue weighted by molar-refractivity contribution is 5.40. The van der Waals surface area contributed by atoms with Crippen molar-refractivity contribution < 1.29 is 10.2 Å². The Balaban J connectivity index is 2.57. The van der Waals surface area contributed by atoms with E-state index in [4.69, 9.17) is 5.11 Å². The van der Waals surface area contributed by atoms with Gasteiger partial charge in [0.05, 0.1) is 0 Å². The second-order valence-electron chi connectivity index (χ2n) is 5.81. The molecular weight excluding hydrogens is 226 g/mol. The summed E-state index contributed by atoms with van der Waals surface area (Å²) >= 11 is 0. The molecule has 0 radical (unpaired) electrons. The normalized spacial score (nSPS) is 11.8. The van der Waals surface area contributed by atoms with Gasteiger partial charge in [-0.1, -0.05) is 19.9 Å². The van der Waals surface area contributed by atoms with Gasteiger partial charge in [-0.2, -0.15) is 0 Å². The van der Waals surface area contributed by atoms with Crippen LogP contribution in [0.2, 0.25) is 0 Å². The highest BCUT2D eigenvalue weighted by Gasteiger charge is 2.16. The van der Waals surface area contributed by atoms with E-state index < -0.39 is 0 Å². The Labute approximate surface area is 110 Å². The van der Waals surface area contributed by atoms with Crippen LogP contribution in [0.5, 0.6) is 5.75 Å². The van der Waals surface area contributed by atoms with Crippen LogP contribution in [-0.4, -0.2) is 23.4 Å². The standard InChI is InChI=1S/C15H25NO2/c1-11-7-13(14(18)8-12(11)2)9-16-10-15(3,4)5-6-17/h7-8,16-18H,5-6,9-10H2,1-4H3. The van der Waals surface area contributed by atoms with Crippen LogP contribution in [-0.2, 0) is 6.54 Å². The zero-order valence-electron chi connectivity index (χ0n) is 11.9. The second-order valence-corrected chi connectivity index (χ2v) is 5.81. The molecule has 0 unspecified atom stereocenters. The lowest BCUT2D eigenvalue weighted by molar-refractivity contribution is 0.207. The predicted octanol–water partition coefficient (Wildman–Crippen LogP) is 2.51. The topological polar surface area (TPSA) is 52.5 Å². The van der Waals surface area contributed by atoms with Gasteiger partial charge in [-0.3, -0.25) is 0 Å². The third-order valence-corrected chi connectivity index (χ3v) is 3.40. The maximum atomic E-state index is 9.87. The largest absolute Gasteiger partial charge is 0.508 e. The van der Waals surface area contributed by atoms with Crippen LogP contribution in [0.1, 0.15) is 37.0 Å². The van der Waals surface area contributed by atoms with Crippen molar-refractivity contribution in [2.45, 2.75) is 40.7 Å². The lowest BCUT2D eigenvalue weighted by atomic mass is 9.89. The Morgan fingerprint density at radius 3 is 2.39 bits per heavy atom. The van der Waals surface area contributed by atoms with Crippen molar-refractivity contribution in [3.05, 3.63) is 28.8 Å². The van der Waals surface area contributed by atoms with Crippen LogP contribution in [0.4, 0.5) is 0 Å². The number of benzene rings is 1. The Kier molecular flexibility index (Phi) is 5.17. The molecule has 0 fully saturated rings. The zero-order valence-corrected chi connectivity index (χ0v) is 11.9. The molecule has 0 saturated heterocycles. The number of aliphatic hydroxyl groups is 1. The van der Waals surface area contributed by atoms with E-state index in [2.05, 4.69) is 19.2 Å². The van der Waals surface area contributed by atoms with E-state index in [0.717, 1.165) is 24.1 Å². The summed E-state index contributed by atoms with van der Waals surface area (Å²) in [5.41, 5.74) is 3.30. The van der Waals surface area contributed by atoms with Gasteiger partial charge >= 0.3 is 0 Å². The summed E-state index contributed by atoms with van der Waals surface area (Å²) in [5.74, 6) is 0.352. The van der Waals surface area contributed by atoms with Crippen molar-refractivity contribution in [1.82, 2.24) is 5.32 Å². The van der Waals surface area contributed by atoms with Crippen LogP contribution in [0.3, 0.4) is 0 Å². The van der Waals surface area contributed by atoms with Gasteiger partial charge in [0.1, 0.15) is 5.75 Å². The maximum absolute atomic E-state index is 9.87. The lowest BCUT2D eigenvalue weighted by Crippen LogP contribution is -2.29. The average Bonchev–Trinajstić information content (AvgIpc) is 2.25. The Bertz CT molecular complexity index is 400. The van der Waals surface area contributed by atoms with Crippen molar-refractivity contribution in [2.24, 2.45) is 5.41 Å². The number of phenolic OH excluding ortho intramolecular Hbond substituents is 1. The third kappa shape index (κ3) is 4.31. The number of rotatable bonds is 6. The molecule has 102 valence electrons. The van der Waals surface area contributed by atoms with Gasteiger partial charge in [-0.15, -0.1) is 0 Å². The van der Waals surface area contributed by atoms with E-state index in [1.54, 1.807) is 0 Å². The van der Waals surface area contributed by atoms with E-state index in [1.165, 1.54) is 5.56 Å². The molecular formula is C15H25NO2. The summed E-state index contributed by atoms with van der Waals surface area (Å²) in [6.07, 6.45) is 0.777. The van der Waals surface area contributed by atoms with Gasteiger partial charge in [-0.25, -0.2) is 0 Å². The molecule has 0 spiro atoms. The molecule has 1 aromatic carbocycles. The molecule has 1 rings (SSSR count). The summed E-state index contributed by atoms with van der Waals surface area (Å²) in [5, 5.41) is 22.2. The fraction of sp³-hybridized carbons (Fsp3) is 0.600. The highest BCUT2D eigenvalue weighted by atomic mass is 16.3. The summed E-state index contributed by atoms with van der Waals surface area (Å²) in [6.45, 7) is 9.98. The minimum absolute atomic E-state index is 0.0735. The summed E-state index contributed by atoms with van der Waals surface area (Å²) in [4.78, 5) is 0. The second kappa shape index (κ2) is 6.21. The number of aromatic hydroxyl groups is 1. The van der Waals surface area contributed by atoms with Gasteiger partial charge < -0.3 is 15.5 Å². The van der Waals surface area contributed by atoms with Crippen molar-refractivity contribution in [3.8, 4) is 5.75 Å². The van der Waals surface area contributed by atoms with Crippen LogP contribution < -0.4 is 5.32 Å². The van der Waals surface area contributed by atoms with Gasteiger partial charge in [0, 0.05) is 25.3 Å². The first-order valence-electron chi connectivity index (χ1n) is 6.46. The highest BCUT2D eigenvalue weighted by Crippen LogP contribution is 2.23. The maximum Gasteiger partial charge on any atom is 0.120 e. The van der Waals surface area contributed by atoms with Crippen LogP contribution in [0, 0.1) is 19.3 Å². The van der Waals surface area contributed by atoms with Gasteiger partial charge in [0.15, 0.2) is 0 Å². The molecule has 3 nitrogen and oxygen atoms in total. The number of aliphatic hydroxyl groups excluding tert-OH is 1. The van der Waals surface area contributed by atoms with Crippen molar-refractivity contribution in [2.75, 3.05) is 13.2 Å². The molecule has 3 N–H and O–H groups in total. The molecule has 3 heteroatoms. The molecule has 18 heavy (non-hydrogen) atoms. The molecule has 1 aromatic rings. The van der Waals surface area contributed by atoms with E-state index in [-0.39, 0.29) is 12.0 Å². The van der Waals surface area contributed by atoms with Gasteiger partial charge in [0.25, 0.3) is 0 Å². The van der Waals surface area contributed by atoms with Crippen molar-refractivity contribution in [1.29, 1.82) is 0 Å². The molecule has 0 amide bonds. The fourth-order valence-electron chi connectivity index (χ4n) is 1.93.